The second-order valence-corrected chi connectivity index (χ2v) is 17.0. The van der Waals surface area contributed by atoms with Gasteiger partial charge in [-0.15, -0.1) is 0 Å². The predicted octanol–water partition coefficient (Wildman–Crippen LogP) is 17.9. The maximum atomic E-state index is 6.51. The first-order valence-corrected chi connectivity index (χ1v) is 22.0. The number of rotatable bonds is 4. The maximum Gasteiger partial charge on any atom is 0.136 e. The van der Waals surface area contributed by atoms with Gasteiger partial charge in [-0.05, 0) is 130 Å². The van der Waals surface area contributed by atoms with Crippen LogP contribution in [0.1, 0.15) is 0 Å². The van der Waals surface area contributed by atoms with Gasteiger partial charge >= 0.3 is 0 Å². The Balaban J connectivity index is 1.16. The van der Waals surface area contributed by atoms with Crippen molar-refractivity contribution in [1.29, 1.82) is 0 Å². The summed E-state index contributed by atoms with van der Waals surface area (Å²) in [5.74, 6) is 0. The highest BCUT2D eigenvalue weighted by Crippen LogP contribution is 2.49. The molecule has 0 spiro atoms. The summed E-state index contributed by atoms with van der Waals surface area (Å²) in [4.78, 5) is 0. The van der Waals surface area contributed by atoms with Gasteiger partial charge in [0.15, 0.2) is 0 Å². The third-order valence-corrected chi connectivity index (χ3v) is 13.6. The average molecular weight is 813 g/mol. The molecule has 296 valence electrons. The van der Waals surface area contributed by atoms with Crippen molar-refractivity contribution < 1.29 is 8.83 Å². The molecule has 0 atom stereocenters. The van der Waals surface area contributed by atoms with Crippen LogP contribution in [0, 0.1) is 0 Å². The van der Waals surface area contributed by atoms with Gasteiger partial charge in [0.05, 0.1) is 0 Å². The van der Waals surface area contributed by atoms with Crippen LogP contribution in [0.3, 0.4) is 0 Å². The van der Waals surface area contributed by atoms with E-state index in [4.69, 9.17) is 8.83 Å². The molecule has 0 N–H and O–H groups in total. The molecule has 0 aliphatic heterocycles. The normalized spacial score (nSPS) is 12.1. The highest BCUT2D eigenvalue weighted by atomic mass is 16.3. The fourth-order valence-corrected chi connectivity index (χ4v) is 10.9. The van der Waals surface area contributed by atoms with Crippen LogP contribution < -0.4 is 0 Å². The van der Waals surface area contributed by atoms with Gasteiger partial charge in [0.1, 0.15) is 22.3 Å². The molecule has 12 aromatic carbocycles. The van der Waals surface area contributed by atoms with Crippen molar-refractivity contribution >= 4 is 97.7 Å². The number of para-hydroxylation sites is 2. The van der Waals surface area contributed by atoms with Crippen LogP contribution in [0.15, 0.2) is 227 Å². The van der Waals surface area contributed by atoms with Crippen LogP contribution in [0.4, 0.5) is 0 Å². The van der Waals surface area contributed by atoms with Crippen molar-refractivity contribution in [2.75, 3.05) is 0 Å². The molecule has 0 aliphatic rings. The second-order valence-electron chi connectivity index (χ2n) is 17.0. The summed E-state index contributed by atoms with van der Waals surface area (Å²) in [7, 11) is 0. The standard InChI is InChI=1S/C62H36O2/c1-2-14-37(15-3-1)41-34-40-16-4-5-19-42(40)53(35-41)60-47-26-12-22-43(45-24-10-17-38-30-32-56-61(58(38)45)49-20-6-8-28-54(49)63-56)51(47)36-52-44(23-13-27-48(52)60)46-25-11-18-39-31-33-57-62(59(39)46)50-21-7-9-29-55(50)64-57/h1-36H. The lowest BCUT2D eigenvalue weighted by atomic mass is 9.83. The SMILES string of the molecule is c1ccc(-c2cc(-c3c4cccc(-c5cccc6ccc7oc8ccccc8c7c56)c4cc4c(-c5cccc6ccc7oc8ccccc8c7c56)cccc34)c3ccccc3c2)cc1. The summed E-state index contributed by atoms with van der Waals surface area (Å²) < 4.78 is 13.0. The Bertz CT molecular complexity index is 4030. The minimum atomic E-state index is 0.896. The van der Waals surface area contributed by atoms with Gasteiger partial charge in [-0.25, -0.2) is 0 Å². The first-order valence-electron chi connectivity index (χ1n) is 22.0. The Labute approximate surface area is 367 Å². The smallest absolute Gasteiger partial charge is 0.136 e. The molecule has 0 unspecified atom stereocenters. The van der Waals surface area contributed by atoms with Crippen LogP contribution in [0.5, 0.6) is 0 Å². The summed E-state index contributed by atoms with van der Waals surface area (Å²) in [6, 6.07) is 79.6. The highest BCUT2D eigenvalue weighted by Gasteiger charge is 2.22. The van der Waals surface area contributed by atoms with E-state index in [1.54, 1.807) is 0 Å². The van der Waals surface area contributed by atoms with Gasteiger partial charge in [0.2, 0.25) is 0 Å². The Hall–Kier alpha value is -8.46. The predicted molar refractivity (Wildman–Crippen MR) is 270 cm³/mol. The summed E-state index contributed by atoms with van der Waals surface area (Å²) in [6.07, 6.45) is 0. The van der Waals surface area contributed by atoms with Crippen molar-refractivity contribution in [3.05, 3.63) is 218 Å². The monoisotopic (exact) mass is 812 g/mol. The lowest BCUT2D eigenvalue weighted by Gasteiger charge is -2.20. The molecule has 2 heteroatoms. The molecule has 2 aromatic heterocycles. The number of hydrogen-bond acceptors (Lipinski definition) is 2. The first kappa shape index (κ1) is 35.2. The molecule has 0 saturated carbocycles. The molecule has 0 aliphatic carbocycles. The van der Waals surface area contributed by atoms with Crippen LogP contribution in [0.2, 0.25) is 0 Å². The highest BCUT2D eigenvalue weighted by molar-refractivity contribution is 6.29. The molecule has 0 bridgehead atoms. The summed E-state index contributed by atoms with van der Waals surface area (Å²) in [5, 5.41) is 16.6. The van der Waals surface area contributed by atoms with Crippen molar-refractivity contribution in [2.24, 2.45) is 0 Å². The van der Waals surface area contributed by atoms with Gasteiger partial charge in [0, 0.05) is 32.3 Å². The van der Waals surface area contributed by atoms with E-state index >= 15 is 0 Å². The molecule has 14 rings (SSSR count). The molecule has 2 heterocycles. The van der Waals surface area contributed by atoms with Crippen molar-refractivity contribution in [3.8, 4) is 44.5 Å². The third-order valence-electron chi connectivity index (χ3n) is 13.6. The summed E-state index contributed by atoms with van der Waals surface area (Å²) in [5.41, 5.74) is 13.1. The van der Waals surface area contributed by atoms with Crippen molar-refractivity contribution in [1.82, 2.24) is 0 Å². The molecule has 0 radical (unpaired) electrons. The van der Waals surface area contributed by atoms with E-state index < -0.39 is 0 Å². The Kier molecular flexibility index (Phi) is 7.43. The van der Waals surface area contributed by atoms with Crippen LogP contribution in [0.25, 0.3) is 142 Å². The molecular weight excluding hydrogens is 777 g/mol. The van der Waals surface area contributed by atoms with E-state index in [9.17, 15) is 0 Å². The largest absolute Gasteiger partial charge is 0.456 e. The van der Waals surface area contributed by atoms with Crippen LogP contribution in [-0.4, -0.2) is 0 Å². The minimum Gasteiger partial charge on any atom is -0.456 e. The number of fused-ring (bicyclic) bond motifs is 13. The van der Waals surface area contributed by atoms with E-state index in [0.29, 0.717) is 0 Å². The number of furan rings is 2. The molecule has 0 saturated heterocycles. The van der Waals surface area contributed by atoms with Gasteiger partial charge in [-0.1, -0.05) is 176 Å². The van der Waals surface area contributed by atoms with Gasteiger partial charge < -0.3 is 8.83 Å². The molecular formula is C62H36O2. The zero-order valence-electron chi connectivity index (χ0n) is 34.6. The molecule has 0 fully saturated rings. The van der Waals surface area contributed by atoms with Crippen LogP contribution >= 0.6 is 0 Å². The van der Waals surface area contributed by atoms with E-state index in [1.165, 1.54) is 98.4 Å². The topological polar surface area (TPSA) is 26.3 Å². The van der Waals surface area contributed by atoms with Crippen molar-refractivity contribution in [2.45, 2.75) is 0 Å². The molecule has 2 nitrogen and oxygen atoms in total. The minimum absolute atomic E-state index is 0.896. The fraction of sp³-hybridized carbons (Fsp3) is 0. The molecule has 0 amide bonds. The zero-order chi connectivity index (χ0) is 41.9. The summed E-state index contributed by atoms with van der Waals surface area (Å²) >= 11 is 0. The van der Waals surface area contributed by atoms with Gasteiger partial charge in [0.25, 0.3) is 0 Å². The quantitative estimate of drug-likeness (QED) is 0.166. The number of benzene rings is 12. The second kappa shape index (κ2) is 13.5. The van der Waals surface area contributed by atoms with Gasteiger partial charge in [-0.3, -0.25) is 0 Å². The van der Waals surface area contributed by atoms with E-state index in [1.807, 2.05) is 0 Å². The van der Waals surface area contributed by atoms with E-state index in [-0.39, 0.29) is 0 Å². The lowest BCUT2D eigenvalue weighted by Crippen LogP contribution is -1.93. The van der Waals surface area contributed by atoms with E-state index in [0.717, 1.165) is 43.9 Å². The molecule has 14 aromatic rings. The Morgan fingerprint density at radius 2 is 0.688 bits per heavy atom. The zero-order valence-corrected chi connectivity index (χ0v) is 34.6. The Morgan fingerprint density at radius 1 is 0.219 bits per heavy atom. The fourth-order valence-electron chi connectivity index (χ4n) is 10.9. The van der Waals surface area contributed by atoms with Crippen LogP contribution in [-0.2, 0) is 0 Å². The average Bonchev–Trinajstić information content (AvgIpc) is 3.94. The van der Waals surface area contributed by atoms with Gasteiger partial charge in [-0.2, -0.15) is 0 Å². The number of hydrogen-bond donors (Lipinski definition) is 0. The summed E-state index contributed by atoms with van der Waals surface area (Å²) in [6.45, 7) is 0. The molecule has 64 heavy (non-hydrogen) atoms. The van der Waals surface area contributed by atoms with Crippen molar-refractivity contribution in [3.63, 3.8) is 0 Å². The third kappa shape index (κ3) is 5.08. The van der Waals surface area contributed by atoms with E-state index in [2.05, 4.69) is 218 Å². The first-order chi connectivity index (χ1) is 31.7. The lowest BCUT2D eigenvalue weighted by molar-refractivity contribution is 0.669. The maximum absolute atomic E-state index is 6.51. The Morgan fingerprint density at radius 3 is 1.28 bits per heavy atom.